The Morgan fingerprint density at radius 2 is 2.22 bits per heavy atom. The lowest BCUT2D eigenvalue weighted by Gasteiger charge is -2.06. The number of rotatable bonds is 3. The lowest BCUT2D eigenvalue weighted by molar-refractivity contribution is 0.0997. The van der Waals surface area contributed by atoms with Gasteiger partial charge < -0.3 is 11.5 Å². The first-order valence-electron chi connectivity index (χ1n) is 4.97. The number of aromatic amines is 1. The molecule has 0 saturated carbocycles. The summed E-state index contributed by atoms with van der Waals surface area (Å²) in [5.41, 5.74) is 11.4. The smallest absolute Gasteiger partial charge is 0.343 e. The van der Waals surface area contributed by atoms with Crippen molar-refractivity contribution in [2.24, 2.45) is 12.8 Å². The van der Waals surface area contributed by atoms with E-state index < -0.39 is 5.91 Å². The van der Waals surface area contributed by atoms with Gasteiger partial charge in [0.1, 0.15) is 0 Å². The Kier molecular flexibility index (Phi) is 3.11. The van der Waals surface area contributed by atoms with Crippen LogP contribution in [-0.2, 0) is 7.05 Å². The van der Waals surface area contributed by atoms with Crippen LogP contribution in [-0.4, -0.2) is 20.7 Å². The molecule has 1 aromatic carbocycles. The van der Waals surface area contributed by atoms with Crippen molar-refractivity contribution >= 4 is 23.4 Å². The number of nitrogens with two attached hydrogens (primary N) is 2. The van der Waals surface area contributed by atoms with E-state index in [1.807, 2.05) is 0 Å². The number of aromatic nitrogens is 3. The number of H-pyrrole nitrogens is 1. The third-order valence-electron chi connectivity index (χ3n) is 2.31. The van der Waals surface area contributed by atoms with Gasteiger partial charge in [-0.05, 0) is 30.0 Å². The van der Waals surface area contributed by atoms with Crippen molar-refractivity contribution in [3.8, 4) is 0 Å². The molecule has 94 valence electrons. The summed E-state index contributed by atoms with van der Waals surface area (Å²) >= 11 is 1.14. The van der Waals surface area contributed by atoms with Gasteiger partial charge >= 0.3 is 5.69 Å². The summed E-state index contributed by atoms with van der Waals surface area (Å²) in [5, 5.41) is 6.57. The summed E-state index contributed by atoms with van der Waals surface area (Å²) in [6.07, 6.45) is 0. The van der Waals surface area contributed by atoms with E-state index in [0.717, 1.165) is 11.8 Å². The van der Waals surface area contributed by atoms with Crippen molar-refractivity contribution in [2.75, 3.05) is 5.73 Å². The fourth-order valence-electron chi connectivity index (χ4n) is 1.35. The van der Waals surface area contributed by atoms with Crippen LogP contribution in [0.1, 0.15) is 10.4 Å². The maximum absolute atomic E-state index is 11.3. The molecule has 0 fully saturated rings. The van der Waals surface area contributed by atoms with Gasteiger partial charge in [-0.15, -0.1) is 5.10 Å². The first-order chi connectivity index (χ1) is 8.49. The number of carbonyl (C=O) groups is 1. The Morgan fingerprint density at radius 1 is 1.50 bits per heavy atom. The van der Waals surface area contributed by atoms with Crippen LogP contribution in [0.5, 0.6) is 0 Å². The molecule has 1 heterocycles. The molecule has 0 atom stereocenters. The van der Waals surface area contributed by atoms with E-state index in [4.69, 9.17) is 11.5 Å². The number of nitrogens with one attached hydrogen (secondary N) is 1. The van der Waals surface area contributed by atoms with E-state index in [0.29, 0.717) is 21.3 Å². The molecule has 0 aliphatic rings. The molecular formula is C10H11N5O2S. The standard InChI is InChI=1S/C10H11N5O2S/c1-15-9(17)13-14-10(15)18-7-4-5(11)2-3-6(7)8(12)16/h2-4H,11H2,1H3,(H2,12,16)(H,13,17). The monoisotopic (exact) mass is 265 g/mol. The molecule has 18 heavy (non-hydrogen) atoms. The molecule has 1 aromatic heterocycles. The third-order valence-corrected chi connectivity index (χ3v) is 3.42. The van der Waals surface area contributed by atoms with Gasteiger partial charge in [0.2, 0.25) is 5.91 Å². The molecule has 2 rings (SSSR count). The maximum atomic E-state index is 11.3. The Balaban J connectivity index is 2.45. The zero-order valence-electron chi connectivity index (χ0n) is 9.51. The van der Waals surface area contributed by atoms with Crippen molar-refractivity contribution in [3.63, 3.8) is 0 Å². The minimum Gasteiger partial charge on any atom is -0.399 e. The molecular weight excluding hydrogens is 254 g/mol. The summed E-state index contributed by atoms with van der Waals surface area (Å²) in [6.45, 7) is 0. The van der Waals surface area contributed by atoms with Crippen LogP contribution in [0, 0.1) is 0 Å². The number of amides is 1. The quantitative estimate of drug-likeness (QED) is 0.671. The Labute approximate surface area is 106 Å². The van der Waals surface area contributed by atoms with Gasteiger partial charge in [-0.1, -0.05) is 0 Å². The van der Waals surface area contributed by atoms with E-state index in [-0.39, 0.29) is 5.69 Å². The summed E-state index contributed by atoms with van der Waals surface area (Å²) < 4.78 is 1.33. The molecule has 0 aliphatic carbocycles. The van der Waals surface area contributed by atoms with Gasteiger partial charge in [0.15, 0.2) is 5.16 Å². The molecule has 1 amide bonds. The van der Waals surface area contributed by atoms with Gasteiger partial charge in [0.25, 0.3) is 0 Å². The molecule has 0 saturated heterocycles. The van der Waals surface area contributed by atoms with E-state index in [1.54, 1.807) is 25.2 Å². The molecule has 0 unspecified atom stereocenters. The fraction of sp³-hybridized carbons (Fsp3) is 0.100. The van der Waals surface area contributed by atoms with Crippen LogP contribution in [0.3, 0.4) is 0 Å². The lowest BCUT2D eigenvalue weighted by atomic mass is 10.2. The van der Waals surface area contributed by atoms with Crippen molar-refractivity contribution < 1.29 is 4.79 Å². The molecule has 8 heteroatoms. The van der Waals surface area contributed by atoms with E-state index >= 15 is 0 Å². The van der Waals surface area contributed by atoms with Crippen LogP contribution < -0.4 is 17.2 Å². The number of nitrogen functional groups attached to an aromatic ring is 1. The van der Waals surface area contributed by atoms with Crippen LogP contribution in [0.25, 0.3) is 0 Å². The maximum Gasteiger partial charge on any atom is 0.343 e. The summed E-state index contributed by atoms with van der Waals surface area (Å²) in [6, 6.07) is 4.75. The van der Waals surface area contributed by atoms with Crippen molar-refractivity contribution in [2.45, 2.75) is 10.1 Å². The largest absolute Gasteiger partial charge is 0.399 e. The summed E-state index contributed by atoms with van der Waals surface area (Å²) in [7, 11) is 1.57. The van der Waals surface area contributed by atoms with Crippen LogP contribution in [0.15, 0.2) is 33.0 Å². The Hall–Kier alpha value is -2.22. The Morgan fingerprint density at radius 3 is 2.78 bits per heavy atom. The zero-order chi connectivity index (χ0) is 13.3. The second-order valence-electron chi connectivity index (χ2n) is 3.59. The van der Waals surface area contributed by atoms with Crippen molar-refractivity contribution in [3.05, 3.63) is 34.2 Å². The molecule has 0 aliphatic heterocycles. The average Bonchev–Trinajstić information content (AvgIpc) is 2.61. The zero-order valence-corrected chi connectivity index (χ0v) is 10.3. The van der Waals surface area contributed by atoms with Crippen molar-refractivity contribution in [1.29, 1.82) is 0 Å². The number of anilines is 1. The highest BCUT2D eigenvalue weighted by Gasteiger charge is 2.13. The molecule has 7 nitrogen and oxygen atoms in total. The second-order valence-corrected chi connectivity index (χ2v) is 4.60. The highest BCUT2D eigenvalue weighted by atomic mass is 32.2. The summed E-state index contributed by atoms with van der Waals surface area (Å²) in [4.78, 5) is 23.1. The number of hydrogen-bond acceptors (Lipinski definition) is 5. The highest BCUT2D eigenvalue weighted by Crippen LogP contribution is 2.29. The minimum absolute atomic E-state index is 0.331. The number of benzene rings is 1. The lowest BCUT2D eigenvalue weighted by Crippen LogP contribution is -2.14. The van der Waals surface area contributed by atoms with E-state index in [2.05, 4.69) is 10.2 Å². The highest BCUT2D eigenvalue weighted by molar-refractivity contribution is 7.99. The van der Waals surface area contributed by atoms with Crippen LogP contribution >= 0.6 is 11.8 Å². The van der Waals surface area contributed by atoms with Gasteiger partial charge in [-0.25, -0.2) is 9.89 Å². The van der Waals surface area contributed by atoms with Gasteiger partial charge in [0.05, 0.1) is 5.56 Å². The minimum atomic E-state index is -0.557. The molecule has 5 N–H and O–H groups in total. The fourth-order valence-corrected chi connectivity index (χ4v) is 2.33. The molecule has 0 radical (unpaired) electrons. The third kappa shape index (κ3) is 2.23. The Bertz CT molecular complexity index is 661. The second kappa shape index (κ2) is 4.57. The van der Waals surface area contributed by atoms with Crippen LogP contribution in [0.2, 0.25) is 0 Å². The average molecular weight is 265 g/mol. The predicted molar refractivity (Wildman–Crippen MR) is 67.3 cm³/mol. The van der Waals surface area contributed by atoms with Gasteiger partial charge in [-0.2, -0.15) is 0 Å². The van der Waals surface area contributed by atoms with Crippen molar-refractivity contribution in [1.82, 2.24) is 14.8 Å². The number of hydrogen-bond donors (Lipinski definition) is 3. The molecule has 0 bridgehead atoms. The molecule has 2 aromatic rings. The van der Waals surface area contributed by atoms with Crippen LogP contribution in [0.4, 0.5) is 5.69 Å². The predicted octanol–water partition coefficient (Wildman–Crippen LogP) is -0.0593. The first kappa shape index (κ1) is 12.2. The number of primary amides is 1. The first-order valence-corrected chi connectivity index (χ1v) is 5.79. The number of carbonyl (C=O) groups excluding carboxylic acids is 1. The number of nitrogens with zero attached hydrogens (tertiary/aromatic N) is 2. The summed E-state index contributed by atoms with van der Waals surface area (Å²) in [5.74, 6) is -0.557. The van der Waals surface area contributed by atoms with Gasteiger partial charge in [-0.3, -0.25) is 9.36 Å². The normalized spacial score (nSPS) is 10.5. The van der Waals surface area contributed by atoms with Gasteiger partial charge in [0, 0.05) is 17.6 Å². The van der Waals surface area contributed by atoms with E-state index in [1.165, 1.54) is 4.57 Å². The van der Waals surface area contributed by atoms with E-state index in [9.17, 15) is 9.59 Å². The topological polar surface area (TPSA) is 120 Å². The SMILES string of the molecule is Cn1c(Sc2cc(N)ccc2C(N)=O)n[nH]c1=O. The molecule has 0 spiro atoms.